The first-order chi connectivity index (χ1) is 17.0. The lowest BCUT2D eigenvalue weighted by Crippen LogP contribution is -2.53. The fourth-order valence-electron chi connectivity index (χ4n) is 4.62. The van der Waals surface area contributed by atoms with Crippen LogP contribution in [-0.2, 0) is 26.2 Å². The SMILES string of the molecule is Cc1ccc(N(CC(=O)N(Cc2ccc(Br)cc2)C(C)C(=O)NC2CCCCC2)S(C)(=O)=O)c(C)c1. The van der Waals surface area contributed by atoms with Gasteiger partial charge in [0.1, 0.15) is 12.6 Å². The molecule has 1 N–H and O–H groups in total. The molecule has 9 heteroatoms. The van der Waals surface area contributed by atoms with Crippen molar-refractivity contribution in [1.29, 1.82) is 0 Å². The van der Waals surface area contributed by atoms with Gasteiger partial charge in [0.05, 0.1) is 11.9 Å². The van der Waals surface area contributed by atoms with Crippen LogP contribution in [-0.4, -0.2) is 50.0 Å². The first kappa shape index (κ1) is 28.2. The smallest absolute Gasteiger partial charge is 0.244 e. The number of amides is 2. The summed E-state index contributed by atoms with van der Waals surface area (Å²) in [5, 5.41) is 3.11. The lowest BCUT2D eigenvalue weighted by molar-refractivity contribution is -0.139. The number of anilines is 1. The maximum Gasteiger partial charge on any atom is 0.244 e. The van der Waals surface area contributed by atoms with E-state index in [9.17, 15) is 18.0 Å². The van der Waals surface area contributed by atoms with Gasteiger partial charge in [-0.25, -0.2) is 8.42 Å². The van der Waals surface area contributed by atoms with E-state index in [4.69, 9.17) is 0 Å². The number of nitrogens with zero attached hydrogens (tertiary/aromatic N) is 2. The van der Waals surface area contributed by atoms with Crippen LogP contribution in [0.1, 0.15) is 55.7 Å². The van der Waals surface area contributed by atoms with Crippen molar-refractivity contribution in [3.05, 3.63) is 63.6 Å². The topological polar surface area (TPSA) is 86.8 Å². The number of benzene rings is 2. The molecule has 2 aromatic rings. The van der Waals surface area contributed by atoms with Gasteiger partial charge < -0.3 is 10.2 Å². The van der Waals surface area contributed by atoms with Gasteiger partial charge >= 0.3 is 0 Å². The Morgan fingerprint density at radius 3 is 2.28 bits per heavy atom. The van der Waals surface area contributed by atoms with Gasteiger partial charge in [-0.15, -0.1) is 0 Å². The molecular formula is C27H36BrN3O4S. The molecule has 0 spiro atoms. The molecule has 3 rings (SSSR count). The number of rotatable bonds is 9. The van der Waals surface area contributed by atoms with Gasteiger partial charge in [-0.1, -0.05) is 65.0 Å². The van der Waals surface area contributed by atoms with Crippen molar-refractivity contribution in [1.82, 2.24) is 10.2 Å². The van der Waals surface area contributed by atoms with Crippen LogP contribution in [0.3, 0.4) is 0 Å². The van der Waals surface area contributed by atoms with E-state index in [0.29, 0.717) is 5.69 Å². The van der Waals surface area contributed by atoms with Crippen LogP contribution in [0.5, 0.6) is 0 Å². The summed E-state index contributed by atoms with van der Waals surface area (Å²) in [6, 6.07) is 12.3. The van der Waals surface area contributed by atoms with E-state index in [1.54, 1.807) is 13.0 Å². The standard InChI is InChI=1S/C27H36BrN3O4S/c1-19-10-15-25(20(2)16-19)31(36(4,34)35)18-26(32)30(17-22-11-13-23(28)14-12-22)21(3)27(33)29-24-8-6-5-7-9-24/h10-16,21,24H,5-9,17-18H2,1-4H3,(H,29,33). The van der Waals surface area contributed by atoms with Crippen molar-refractivity contribution in [2.45, 2.75) is 71.5 Å². The zero-order valence-corrected chi connectivity index (χ0v) is 23.9. The fourth-order valence-corrected chi connectivity index (χ4v) is 5.79. The Balaban J connectivity index is 1.88. The van der Waals surface area contributed by atoms with E-state index >= 15 is 0 Å². The van der Waals surface area contributed by atoms with Crippen LogP contribution >= 0.6 is 15.9 Å². The molecule has 0 heterocycles. The fraction of sp³-hybridized carbons (Fsp3) is 0.481. The highest BCUT2D eigenvalue weighted by Crippen LogP contribution is 2.25. The first-order valence-corrected chi connectivity index (χ1v) is 15.0. The van der Waals surface area contributed by atoms with Crippen LogP contribution in [0.2, 0.25) is 0 Å². The summed E-state index contributed by atoms with van der Waals surface area (Å²) in [6.07, 6.45) is 6.31. The van der Waals surface area contributed by atoms with Crippen molar-refractivity contribution >= 4 is 43.5 Å². The minimum atomic E-state index is -3.75. The van der Waals surface area contributed by atoms with E-state index in [1.807, 2.05) is 50.2 Å². The minimum Gasteiger partial charge on any atom is -0.352 e. The van der Waals surface area contributed by atoms with Crippen LogP contribution in [0.25, 0.3) is 0 Å². The second kappa shape index (κ2) is 12.2. The van der Waals surface area contributed by atoms with Gasteiger partial charge in [0.2, 0.25) is 21.8 Å². The Hall–Kier alpha value is -2.39. The molecule has 2 aromatic carbocycles. The number of hydrogen-bond acceptors (Lipinski definition) is 4. The Kier molecular flexibility index (Phi) is 9.58. The summed E-state index contributed by atoms with van der Waals surface area (Å²) in [5.41, 5.74) is 3.07. The third-order valence-corrected chi connectivity index (χ3v) is 8.34. The average Bonchev–Trinajstić information content (AvgIpc) is 2.82. The molecule has 1 saturated carbocycles. The molecule has 1 aliphatic rings. The van der Waals surface area contributed by atoms with Crippen molar-refractivity contribution in [3.63, 3.8) is 0 Å². The second-order valence-electron chi connectivity index (χ2n) is 9.73. The summed E-state index contributed by atoms with van der Waals surface area (Å²) in [6.45, 7) is 5.26. The summed E-state index contributed by atoms with van der Waals surface area (Å²) in [5.74, 6) is -0.653. The molecule has 196 valence electrons. The molecule has 0 saturated heterocycles. The minimum absolute atomic E-state index is 0.112. The van der Waals surface area contributed by atoms with E-state index in [2.05, 4.69) is 21.2 Å². The third kappa shape index (κ3) is 7.56. The quantitative estimate of drug-likeness (QED) is 0.468. The van der Waals surface area contributed by atoms with Crippen molar-refractivity contribution in [3.8, 4) is 0 Å². The zero-order valence-electron chi connectivity index (χ0n) is 21.5. The molecule has 0 radical (unpaired) electrons. The van der Waals surface area contributed by atoms with Crippen LogP contribution in [0, 0.1) is 13.8 Å². The Morgan fingerprint density at radius 2 is 1.69 bits per heavy atom. The van der Waals surface area contributed by atoms with E-state index in [1.165, 1.54) is 11.3 Å². The van der Waals surface area contributed by atoms with Crippen molar-refractivity contribution in [2.24, 2.45) is 0 Å². The van der Waals surface area contributed by atoms with Crippen LogP contribution in [0.4, 0.5) is 5.69 Å². The number of halogens is 1. The highest BCUT2D eigenvalue weighted by Gasteiger charge is 2.31. The Morgan fingerprint density at radius 1 is 1.06 bits per heavy atom. The number of carbonyl (C=O) groups is 2. The summed E-state index contributed by atoms with van der Waals surface area (Å²) in [4.78, 5) is 28.4. The summed E-state index contributed by atoms with van der Waals surface area (Å²) in [7, 11) is -3.75. The molecule has 0 aliphatic heterocycles. The molecule has 2 amide bonds. The lowest BCUT2D eigenvalue weighted by Gasteiger charge is -2.33. The number of aryl methyl sites for hydroxylation is 2. The monoisotopic (exact) mass is 577 g/mol. The maximum absolute atomic E-state index is 13.7. The van der Waals surface area contributed by atoms with Gasteiger partial charge in [0, 0.05) is 17.1 Å². The maximum atomic E-state index is 13.7. The third-order valence-electron chi connectivity index (χ3n) is 6.69. The molecule has 1 atom stereocenters. The van der Waals surface area contributed by atoms with Gasteiger partial charge in [-0.2, -0.15) is 0 Å². The largest absolute Gasteiger partial charge is 0.352 e. The van der Waals surface area contributed by atoms with Gasteiger partial charge in [-0.05, 0) is 62.9 Å². The van der Waals surface area contributed by atoms with Gasteiger partial charge in [0.15, 0.2) is 0 Å². The van der Waals surface area contributed by atoms with Crippen molar-refractivity contribution < 1.29 is 18.0 Å². The van der Waals surface area contributed by atoms with Crippen molar-refractivity contribution in [2.75, 3.05) is 17.1 Å². The van der Waals surface area contributed by atoms with Gasteiger partial charge in [-0.3, -0.25) is 13.9 Å². The number of hydrogen-bond donors (Lipinski definition) is 1. The molecule has 36 heavy (non-hydrogen) atoms. The highest BCUT2D eigenvalue weighted by atomic mass is 79.9. The van der Waals surface area contributed by atoms with E-state index < -0.39 is 22.0 Å². The van der Waals surface area contributed by atoms with Gasteiger partial charge in [0.25, 0.3) is 0 Å². The number of carbonyl (C=O) groups excluding carboxylic acids is 2. The summed E-state index contributed by atoms with van der Waals surface area (Å²) >= 11 is 3.42. The Labute approximate surface area is 223 Å². The molecule has 1 aliphatic carbocycles. The average molecular weight is 579 g/mol. The molecule has 7 nitrogen and oxygen atoms in total. The van der Waals surface area contributed by atoms with E-state index in [-0.39, 0.29) is 25.0 Å². The normalized spacial score (nSPS) is 15.2. The van der Waals surface area contributed by atoms with Crippen LogP contribution < -0.4 is 9.62 Å². The molecule has 1 unspecified atom stereocenters. The van der Waals surface area contributed by atoms with E-state index in [0.717, 1.165) is 57.4 Å². The van der Waals surface area contributed by atoms with Crippen LogP contribution in [0.15, 0.2) is 46.9 Å². The molecular weight excluding hydrogens is 542 g/mol. The molecule has 1 fully saturated rings. The second-order valence-corrected chi connectivity index (χ2v) is 12.5. The number of nitrogens with one attached hydrogen (secondary N) is 1. The first-order valence-electron chi connectivity index (χ1n) is 12.3. The lowest BCUT2D eigenvalue weighted by atomic mass is 9.95. The Bertz CT molecular complexity index is 1180. The molecule has 0 bridgehead atoms. The zero-order chi connectivity index (χ0) is 26.5. The number of sulfonamides is 1. The summed E-state index contributed by atoms with van der Waals surface area (Å²) < 4.78 is 27.6. The predicted molar refractivity (Wildman–Crippen MR) is 147 cm³/mol. The predicted octanol–water partition coefficient (Wildman–Crippen LogP) is 4.70. The highest BCUT2D eigenvalue weighted by molar-refractivity contribution is 9.10. The molecule has 0 aromatic heterocycles.